The number of carbonyl (C=O) groups excluding carboxylic acids is 2. The van der Waals surface area contributed by atoms with Crippen molar-refractivity contribution >= 4 is 30.0 Å². The molecule has 0 unspecified atom stereocenters. The van der Waals surface area contributed by atoms with E-state index in [0.29, 0.717) is 36.6 Å². The van der Waals surface area contributed by atoms with E-state index in [0.717, 1.165) is 21.9 Å². The Kier molecular flexibility index (Phi) is 8.11. The van der Waals surface area contributed by atoms with Gasteiger partial charge in [0.05, 0.1) is 29.9 Å². The van der Waals surface area contributed by atoms with Crippen LogP contribution >= 0.6 is 0 Å². The normalized spacial score (nSPS) is 11.5. The number of amides is 2. The quantitative estimate of drug-likeness (QED) is 0.391. The summed E-state index contributed by atoms with van der Waals surface area (Å²) < 4.78 is 5.60. The first-order chi connectivity index (χ1) is 14.0. The SMILES string of the molecule is CC/C(Nc1cncc(OC(C)C)n1)=C(\NNC)c1ccc(N(C=O)C=O)cc1. The molecule has 2 aromatic rings. The number of anilines is 2. The summed E-state index contributed by atoms with van der Waals surface area (Å²) in [5, 5.41) is 3.29. The summed E-state index contributed by atoms with van der Waals surface area (Å²) >= 11 is 0. The molecule has 9 heteroatoms. The van der Waals surface area contributed by atoms with Crippen molar-refractivity contribution < 1.29 is 14.3 Å². The lowest BCUT2D eigenvalue weighted by Gasteiger charge is -2.18. The monoisotopic (exact) mass is 398 g/mol. The molecule has 0 aliphatic rings. The zero-order valence-electron chi connectivity index (χ0n) is 17.0. The number of imide groups is 1. The molecule has 0 fully saturated rings. The number of nitrogens with one attached hydrogen (secondary N) is 3. The molecule has 1 aromatic heterocycles. The van der Waals surface area contributed by atoms with E-state index in [1.54, 1.807) is 31.6 Å². The molecule has 0 radical (unpaired) electrons. The molecular weight excluding hydrogens is 372 g/mol. The zero-order valence-corrected chi connectivity index (χ0v) is 17.0. The van der Waals surface area contributed by atoms with Crippen LogP contribution in [0.25, 0.3) is 5.70 Å². The van der Waals surface area contributed by atoms with Crippen molar-refractivity contribution in [3.8, 4) is 5.88 Å². The highest BCUT2D eigenvalue weighted by Gasteiger charge is 2.11. The topological polar surface area (TPSA) is 108 Å². The average molecular weight is 398 g/mol. The van der Waals surface area contributed by atoms with Crippen molar-refractivity contribution in [2.45, 2.75) is 33.3 Å². The molecule has 0 bridgehead atoms. The molecule has 0 saturated carbocycles. The van der Waals surface area contributed by atoms with Gasteiger partial charge in [-0.3, -0.25) is 19.5 Å². The summed E-state index contributed by atoms with van der Waals surface area (Å²) in [4.78, 5) is 31.5. The van der Waals surface area contributed by atoms with Crippen LogP contribution in [0.5, 0.6) is 5.88 Å². The van der Waals surface area contributed by atoms with Crippen LogP contribution in [0.15, 0.2) is 42.4 Å². The molecular formula is C20H26N6O3. The maximum absolute atomic E-state index is 10.9. The second-order valence-electron chi connectivity index (χ2n) is 6.28. The molecule has 1 heterocycles. The van der Waals surface area contributed by atoms with Gasteiger partial charge in [0.15, 0.2) is 5.82 Å². The number of nitrogens with zero attached hydrogens (tertiary/aromatic N) is 3. The highest BCUT2D eigenvalue weighted by molar-refractivity contribution is 5.95. The summed E-state index contributed by atoms with van der Waals surface area (Å²) in [6.07, 6.45) is 4.80. The molecule has 2 rings (SSSR count). The van der Waals surface area contributed by atoms with E-state index in [1.165, 1.54) is 0 Å². The van der Waals surface area contributed by atoms with Crippen LogP contribution in [0, 0.1) is 0 Å². The fourth-order valence-electron chi connectivity index (χ4n) is 2.58. The Morgan fingerprint density at radius 3 is 2.41 bits per heavy atom. The van der Waals surface area contributed by atoms with E-state index in [1.807, 2.05) is 32.9 Å². The molecule has 3 N–H and O–H groups in total. The Labute approximate surface area is 170 Å². The van der Waals surface area contributed by atoms with Crippen molar-refractivity contribution in [3.63, 3.8) is 0 Å². The van der Waals surface area contributed by atoms with Gasteiger partial charge in [-0.2, -0.15) is 4.98 Å². The van der Waals surface area contributed by atoms with E-state index < -0.39 is 0 Å². The van der Waals surface area contributed by atoms with Crippen molar-refractivity contribution in [1.82, 2.24) is 20.8 Å². The van der Waals surface area contributed by atoms with Gasteiger partial charge in [-0.1, -0.05) is 19.1 Å². The maximum Gasteiger partial charge on any atom is 0.234 e. The first-order valence-corrected chi connectivity index (χ1v) is 9.23. The van der Waals surface area contributed by atoms with Crippen LogP contribution in [-0.2, 0) is 9.59 Å². The van der Waals surface area contributed by atoms with E-state index >= 15 is 0 Å². The number of benzene rings is 1. The number of hydrazine groups is 1. The summed E-state index contributed by atoms with van der Waals surface area (Å²) in [5.74, 6) is 0.996. The molecule has 1 aromatic carbocycles. The van der Waals surface area contributed by atoms with E-state index in [9.17, 15) is 9.59 Å². The minimum Gasteiger partial charge on any atom is -0.474 e. The van der Waals surface area contributed by atoms with Crippen molar-refractivity contribution in [3.05, 3.63) is 47.9 Å². The number of ether oxygens (including phenoxy) is 1. The first kappa shape index (κ1) is 21.8. The number of rotatable bonds is 11. The Morgan fingerprint density at radius 2 is 1.86 bits per heavy atom. The maximum atomic E-state index is 10.9. The van der Waals surface area contributed by atoms with Gasteiger partial charge < -0.3 is 15.5 Å². The summed E-state index contributed by atoms with van der Waals surface area (Å²) in [6.45, 7) is 5.86. The molecule has 2 amide bonds. The largest absolute Gasteiger partial charge is 0.474 e. The second kappa shape index (κ2) is 10.8. The van der Waals surface area contributed by atoms with Gasteiger partial charge in [0.1, 0.15) is 0 Å². The van der Waals surface area contributed by atoms with Crippen LogP contribution in [0.2, 0.25) is 0 Å². The number of hydrogen-bond donors (Lipinski definition) is 3. The summed E-state index contributed by atoms with van der Waals surface area (Å²) in [6, 6.07) is 7.02. The fourth-order valence-corrected chi connectivity index (χ4v) is 2.58. The standard InChI is InChI=1S/C20H26N6O3/c1-5-17(23-18-10-22-11-19(24-18)29-14(2)3)20(25-21-4)15-6-8-16(9-7-15)26(12-27)13-28/h6-14,21,25H,5H2,1-4H3,(H,23,24)/b20-17+. The zero-order chi connectivity index (χ0) is 21.2. The van der Waals surface area contributed by atoms with Gasteiger partial charge in [-0.25, -0.2) is 5.43 Å². The Bertz CT molecular complexity index is 844. The van der Waals surface area contributed by atoms with Gasteiger partial charge in [0.2, 0.25) is 18.7 Å². The van der Waals surface area contributed by atoms with Crippen molar-refractivity contribution in [2.24, 2.45) is 0 Å². The van der Waals surface area contributed by atoms with Crippen LogP contribution in [0.1, 0.15) is 32.8 Å². The molecule has 0 saturated heterocycles. The lowest BCUT2D eigenvalue weighted by Crippen LogP contribution is -2.28. The molecule has 0 atom stereocenters. The predicted octanol–water partition coefficient (Wildman–Crippen LogP) is 2.30. The van der Waals surface area contributed by atoms with E-state index in [4.69, 9.17) is 4.74 Å². The van der Waals surface area contributed by atoms with E-state index in [2.05, 4.69) is 26.1 Å². The molecule has 0 spiro atoms. The number of aromatic nitrogens is 2. The third kappa shape index (κ3) is 6.01. The molecule has 0 aliphatic carbocycles. The van der Waals surface area contributed by atoms with Crippen LogP contribution in [0.4, 0.5) is 11.5 Å². The Balaban J connectivity index is 2.36. The van der Waals surface area contributed by atoms with Crippen molar-refractivity contribution in [2.75, 3.05) is 17.3 Å². The van der Waals surface area contributed by atoms with Crippen LogP contribution in [0.3, 0.4) is 0 Å². The lowest BCUT2D eigenvalue weighted by molar-refractivity contribution is -0.113. The third-order valence-electron chi connectivity index (χ3n) is 3.83. The van der Waals surface area contributed by atoms with Gasteiger partial charge in [0.25, 0.3) is 0 Å². The van der Waals surface area contributed by atoms with Gasteiger partial charge in [-0.15, -0.1) is 0 Å². The Morgan fingerprint density at radius 1 is 1.17 bits per heavy atom. The lowest BCUT2D eigenvalue weighted by atomic mass is 10.1. The highest BCUT2D eigenvalue weighted by atomic mass is 16.5. The molecule has 9 nitrogen and oxygen atoms in total. The molecule has 29 heavy (non-hydrogen) atoms. The highest BCUT2D eigenvalue weighted by Crippen LogP contribution is 2.23. The predicted molar refractivity (Wildman–Crippen MR) is 112 cm³/mol. The van der Waals surface area contributed by atoms with Crippen LogP contribution in [-0.4, -0.2) is 35.9 Å². The summed E-state index contributed by atoms with van der Waals surface area (Å²) in [5.41, 5.74) is 9.06. The molecule has 154 valence electrons. The smallest absolute Gasteiger partial charge is 0.234 e. The summed E-state index contributed by atoms with van der Waals surface area (Å²) in [7, 11) is 1.76. The van der Waals surface area contributed by atoms with Gasteiger partial charge >= 0.3 is 0 Å². The minimum atomic E-state index is -0.00179. The third-order valence-corrected chi connectivity index (χ3v) is 3.83. The fraction of sp³-hybridized carbons (Fsp3) is 0.300. The van der Waals surface area contributed by atoms with Gasteiger partial charge in [0, 0.05) is 18.3 Å². The Hall–Kier alpha value is -3.46. The first-order valence-electron chi connectivity index (χ1n) is 9.23. The number of carbonyl (C=O) groups is 2. The van der Waals surface area contributed by atoms with Crippen LogP contribution < -0.4 is 25.8 Å². The average Bonchev–Trinajstić information content (AvgIpc) is 2.72. The second-order valence-corrected chi connectivity index (χ2v) is 6.28. The molecule has 0 aliphatic heterocycles. The number of hydrogen-bond acceptors (Lipinski definition) is 8. The van der Waals surface area contributed by atoms with Gasteiger partial charge in [-0.05, 0) is 32.4 Å². The van der Waals surface area contributed by atoms with E-state index in [-0.39, 0.29) is 6.10 Å². The number of allylic oxidation sites excluding steroid dienone is 1. The van der Waals surface area contributed by atoms with Crippen molar-refractivity contribution in [1.29, 1.82) is 0 Å². The minimum absolute atomic E-state index is 0.00179.